The Morgan fingerprint density at radius 3 is 3.00 bits per heavy atom. The molecule has 0 aromatic carbocycles. The second-order valence-electron chi connectivity index (χ2n) is 3.91. The molecule has 0 spiro atoms. The van der Waals surface area contributed by atoms with Gasteiger partial charge in [-0.05, 0) is 28.8 Å². The predicted molar refractivity (Wildman–Crippen MR) is 69.6 cm³/mol. The Balaban J connectivity index is 1.95. The van der Waals surface area contributed by atoms with Gasteiger partial charge in [-0.1, -0.05) is 19.9 Å². The molecule has 0 N–H and O–H groups in total. The molecule has 0 fully saturated rings. The maximum atomic E-state index is 5.69. The minimum Gasteiger partial charge on any atom is -0.493 e. The Kier molecular flexibility index (Phi) is 3.54. The lowest BCUT2D eigenvalue weighted by Crippen LogP contribution is -1.99. The molecule has 0 aliphatic carbocycles. The lowest BCUT2D eigenvalue weighted by atomic mass is 10.2. The summed E-state index contributed by atoms with van der Waals surface area (Å²) in [4.78, 5) is 0. The number of thiol groups is 1. The van der Waals surface area contributed by atoms with E-state index in [1.165, 1.54) is 4.21 Å². The van der Waals surface area contributed by atoms with Gasteiger partial charge in [0.15, 0.2) is 0 Å². The van der Waals surface area contributed by atoms with Gasteiger partial charge in [0.2, 0.25) is 0 Å². The fourth-order valence-corrected chi connectivity index (χ4v) is 4.10. The number of rotatable bonds is 4. The van der Waals surface area contributed by atoms with Crippen molar-refractivity contribution in [2.45, 2.75) is 18.1 Å². The lowest BCUT2D eigenvalue weighted by molar-refractivity contribution is 0.191. The quantitative estimate of drug-likeness (QED) is 0.778. The zero-order valence-corrected chi connectivity index (χ0v) is 10.7. The van der Waals surface area contributed by atoms with Crippen molar-refractivity contribution in [2.75, 3.05) is 6.61 Å². The highest BCUT2D eigenvalue weighted by molar-refractivity contribution is 8.23. The van der Waals surface area contributed by atoms with Crippen LogP contribution in [0.1, 0.15) is 13.8 Å². The summed E-state index contributed by atoms with van der Waals surface area (Å²) in [6, 6.07) is 4.31. The van der Waals surface area contributed by atoms with Crippen molar-refractivity contribution >= 4 is 22.2 Å². The van der Waals surface area contributed by atoms with Crippen LogP contribution in [0, 0.1) is 5.92 Å². The van der Waals surface area contributed by atoms with E-state index < -0.39 is 0 Å². The monoisotopic (exact) mass is 240 g/mol. The van der Waals surface area contributed by atoms with Crippen LogP contribution in [0.25, 0.3) is 0 Å². The van der Waals surface area contributed by atoms with Crippen molar-refractivity contribution in [1.29, 1.82) is 0 Å². The highest BCUT2D eigenvalue weighted by atomic mass is 32.2. The molecule has 0 amide bonds. The molecular weight excluding hydrogens is 224 g/mol. The second-order valence-corrected chi connectivity index (χ2v) is 7.01. The van der Waals surface area contributed by atoms with Crippen LogP contribution in [0.15, 0.2) is 44.4 Å². The Morgan fingerprint density at radius 2 is 2.33 bits per heavy atom. The number of hydrogen-bond donors (Lipinski definition) is 1. The molecule has 0 radical (unpaired) electrons. The summed E-state index contributed by atoms with van der Waals surface area (Å²) in [6.07, 6.45) is 2.10. The predicted octanol–water partition coefficient (Wildman–Crippen LogP) is 4.15. The van der Waals surface area contributed by atoms with E-state index in [1.807, 2.05) is 11.3 Å². The summed E-state index contributed by atoms with van der Waals surface area (Å²) < 4.78 is 7.14. The van der Waals surface area contributed by atoms with E-state index in [1.54, 1.807) is 0 Å². The summed E-state index contributed by atoms with van der Waals surface area (Å²) in [7, 11) is -0.222. The first-order chi connectivity index (χ1) is 7.25. The molecule has 2 rings (SSSR count). The van der Waals surface area contributed by atoms with Gasteiger partial charge in [-0.2, -0.15) is 10.9 Å². The largest absolute Gasteiger partial charge is 0.493 e. The van der Waals surface area contributed by atoms with Crippen molar-refractivity contribution in [2.24, 2.45) is 5.92 Å². The summed E-state index contributed by atoms with van der Waals surface area (Å²) in [5.41, 5.74) is 0. The maximum Gasteiger partial charge on any atom is 0.124 e. The normalized spacial score (nSPS) is 22.1. The minimum atomic E-state index is -0.222. The molecule has 1 unspecified atom stereocenters. The molecule has 1 atom stereocenters. The van der Waals surface area contributed by atoms with E-state index in [9.17, 15) is 0 Å². The summed E-state index contributed by atoms with van der Waals surface area (Å²) in [5, 5.41) is 6.65. The Bertz CT molecular complexity index is 363. The highest BCUT2D eigenvalue weighted by Gasteiger charge is 2.10. The molecule has 0 saturated heterocycles. The molecule has 15 heavy (non-hydrogen) atoms. The van der Waals surface area contributed by atoms with Gasteiger partial charge >= 0.3 is 0 Å². The van der Waals surface area contributed by atoms with Crippen molar-refractivity contribution in [1.82, 2.24) is 0 Å². The third-order valence-corrected chi connectivity index (χ3v) is 5.29. The topological polar surface area (TPSA) is 9.23 Å². The first-order valence-corrected chi connectivity index (χ1v) is 7.46. The third-order valence-electron chi connectivity index (χ3n) is 2.01. The van der Waals surface area contributed by atoms with E-state index in [0.717, 1.165) is 12.4 Å². The number of thiophene rings is 1. The maximum absolute atomic E-state index is 5.69. The van der Waals surface area contributed by atoms with Gasteiger partial charge in [-0.3, -0.25) is 0 Å². The standard InChI is InChI=1S/C12H16OS2/c1-10(2)8-13-11-5-7-15(9-11)12-4-3-6-14-12/h3-7,9-10,15H,8H2,1-2H3. The molecule has 0 bridgehead atoms. The lowest BCUT2D eigenvalue weighted by Gasteiger charge is -2.08. The summed E-state index contributed by atoms with van der Waals surface area (Å²) in [5.74, 6) is 1.64. The van der Waals surface area contributed by atoms with Crippen molar-refractivity contribution in [3.05, 3.63) is 40.2 Å². The van der Waals surface area contributed by atoms with Gasteiger partial charge in [-0.25, -0.2) is 0 Å². The Labute approximate surface area is 97.8 Å². The molecule has 1 aromatic heterocycles. The Hall–Kier alpha value is -0.670. The first-order valence-electron chi connectivity index (χ1n) is 5.10. The van der Waals surface area contributed by atoms with Gasteiger partial charge in [0.05, 0.1) is 6.61 Å². The van der Waals surface area contributed by atoms with Crippen LogP contribution < -0.4 is 0 Å². The van der Waals surface area contributed by atoms with Crippen molar-refractivity contribution < 1.29 is 4.74 Å². The van der Waals surface area contributed by atoms with Gasteiger partial charge in [0, 0.05) is 9.62 Å². The van der Waals surface area contributed by atoms with E-state index >= 15 is 0 Å². The van der Waals surface area contributed by atoms with Gasteiger partial charge in [0.1, 0.15) is 5.76 Å². The third kappa shape index (κ3) is 2.89. The molecular formula is C12H16OS2. The van der Waals surface area contributed by atoms with Crippen molar-refractivity contribution in [3.8, 4) is 0 Å². The number of allylic oxidation sites excluding steroid dienone is 1. The van der Waals surface area contributed by atoms with Gasteiger partial charge < -0.3 is 4.74 Å². The van der Waals surface area contributed by atoms with Gasteiger partial charge in [-0.15, -0.1) is 11.3 Å². The van der Waals surface area contributed by atoms with Crippen LogP contribution >= 0.6 is 22.2 Å². The number of hydrogen-bond acceptors (Lipinski definition) is 2. The highest BCUT2D eigenvalue weighted by Crippen LogP contribution is 2.46. The molecule has 3 heteroatoms. The molecule has 1 aliphatic heterocycles. The molecule has 1 aliphatic rings. The van der Waals surface area contributed by atoms with Crippen LogP contribution in [0.5, 0.6) is 0 Å². The first kappa shape index (κ1) is 10.8. The van der Waals surface area contributed by atoms with E-state index in [-0.39, 0.29) is 10.9 Å². The van der Waals surface area contributed by atoms with Crippen LogP contribution in [-0.2, 0) is 4.74 Å². The SMILES string of the molecule is CC(C)COC1=C[SH](c2cccs2)C=C1. The molecule has 2 heterocycles. The summed E-state index contributed by atoms with van der Waals surface area (Å²) in [6.45, 7) is 5.15. The van der Waals surface area contributed by atoms with E-state index in [4.69, 9.17) is 4.74 Å². The molecule has 82 valence electrons. The zero-order chi connectivity index (χ0) is 10.7. The fourth-order valence-electron chi connectivity index (χ4n) is 1.28. The molecule has 1 aromatic rings. The smallest absolute Gasteiger partial charge is 0.124 e. The average molecular weight is 240 g/mol. The fraction of sp³-hybridized carbons (Fsp3) is 0.333. The Morgan fingerprint density at radius 1 is 1.47 bits per heavy atom. The van der Waals surface area contributed by atoms with E-state index in [2.05, 4.69) is 48.3 Å². The van der Waals surface area contributed by atoms with Crippen LogP contribution in [-0.4, -0.2) is 6.61 Å². The average Bonchev–Trinajstić information content (AvgIpc) is 2.85. The van der Waals surface area contributed by atoms with E-state index in [0.29, 0.717) is 5.92 Å². The second kappa shape index (κ2) is 4.90. The van der Waals surface area contributed by atoms with Crippen LogP contribution in [0.4, 0.5) is 0 Å². The zero-order valence-electron chi connectivity index (χ0n) is 9.01. The summed E-state index contributed by atoms with van der Waals surface area (Å²) >= 11 is 1.82. The number of ether oxygens (including phenoxy) is 1. The van der Waals surface area contributed by atoms with Gasteiger partial charge in [0.25, 0.3) is 0 Å². The van der Waals surface area contributed by atoms with Crippen LogP contribution in [0.3, 0.4) is 0 Å². The molecule has 1 nitrogen and oxygen atoms in total. The molecule has 0 saturated carbocycles. The van der Waals surface area contributed by atoms with Crippen LogP contribution in [0.2, 0.25) is 0 Å². The van der Waals surface area contributed by atoms with Crippen molar-refractivity contribution in [3.63, 3.8) is 0 Å². The minimum absolute atomic E-state index is 0.222.